The standard InChI is InChI=1S/C7H16N2O2/c1-5(10)3-4-9-7(11)6(2)8/h5-6,10H,3-4,8H2,1-2H3,(H,9,11). The van der Waals surface area contributed by atoms with Crippen molar-refractivity contribution in [1.29, 1.82) is 0 Å². The molecule has 0 aromatic carbocycles. The molecule has 0 fully saturated rings. The van der Waals surface area contributed by atoms with Crippen LogP contribution in [-0.4, -0.2) is 29.7 Å². The van der Waals surface area contributed by atoms with Gasteiger partial charge in [0.2, 0.25) is 5.91 Å². The van der Waals surface area contributed by atoms with Crippen LogP contribution in [-0.2, 0) is 4.79 Å². The molecule has 0 bridgehead atoms. The Bertz CT molecular complexity index is 124. The first-order chi connectivity index (χ1) is 5.04. The minimum Gasteiger partial charge on any atom is -0.393 e. The van der Waals surface area contributed by atoms with E-state index in [9.17, 15) is 4.79 Å². The predicted molar refractivity (Wildman–Crippen MR) is 43.0 cm³/mol. The number of nitrogens with one attached hydrogen (secondary N) is 1. The Morgan fingerprint density at radius 2 is 2.18 bits per heavy atom. The number of nitrogens with two attached hydrogens (primary N) is 1. The van der Waals surface area contributed by atoms with Crippen molar-refractivity contribution in [3.63, 3.8) is 0 Å². The summed E-state index contributed by atoms with van der Waals surface area (Å²) in [6.45, 7) is 3.79. The Balaban J connectivity index is 3.32. The van der Waals surface area contributed by atoms with Crippen LogP contribution in [0.4, 0.5) is 0 Å². The molecular formula is C7H16N2O2. The Kier molecular flexibility index (Phi) is 4.81. The SMILES string of the molecule is CC(O)CCNC(=O)C(C)N. The summed E-state index contributed by atoms with van der Waals surface area (Å²) >= 11 is 0. The Morgan fingerprint density at radius 3 is 2.55 bits per heavy atom. The average molecular weight is 160 g/mol. The summed E-state index contributed by atoms with van der Waals surface area (Å²) in [4.78, 5) is 10.8. The summed E-state index contributed by atoms with van der Waals surface area (Å²) in [5.74, 6) is -0.175. The van der Waals surface area contributed by atoms with Crippen molar-refractivity contribution >= 4 is 5.91 Å². The van der Waals surface area contributed by atoms with Crippen LogP contribution >= 0.6 is 0 Å². The molecule has 0 aliphatic heterocycles. The van der Waals surface area contributed by atoms with Gasteiger partial charge in [-0.25, -0.2) is 0 Å². The molecule has 0 aromatic rings. The number of carbonyl (C=O) groups excluding carboxylic acids is 1. The molecule has 11 heavy (non-hydrogen) atoms. The maximum Gasteiger partial charge on any atom is 0.236 e. The van der Waals surface area contributed by atoms with Crippen LogP contribution < -0.4 is 11.1 Å². The monoisotopic (exact) mass is 160 g/mol. The fourth-order valence-corrected chi connectivity index (χ4v) is 0.565. The summed E-state index contributed by atoms with van der Waals surface area (Å²) in [5.41, 5.74) is 5.28. The number of hydrogen-bond donors (Lipinski definition) is 3. The van der Waals surface area contributed by atoms with Gasteiger partial charge in [-0.05, 0) is 20.3 Å². The van der Waals surface area contributed by atoms with E-state index in [2.05, 4.69) is 5.32 Å². The number of aliphatic hydroxyl groups excluding tert-OH is 1. The lowest BCUT2D eigenvalue weighted by Gasteiger charge is -2.08. The first kappa shape index (κ1) is 10.4. The van der Waals surface area contributed by atoms with Crippen LogP contribution in [0.15, 0.2) is 0 Å². The molecule has 4 N–H and O–H groups in total. The molecule has 66 valence electrons. The molecule has 0 heterocycles. The van der Waals surface area contributed by atoms with Gasteiger partial charge >= 0.3 is 0 Å². The molecular weight excluding hydrogens is 144 g/mol. The minimum absolute atomic E-state index is 0.175. The highest BCUT2D eigenvalue weighted by Gasteiger charge is 2.05. The first-order valence-electron chi connectivity index (χ1n) is 3.75. The van der Waals surface area contributed by atoms with Gasteiger partial charge in [0.25, 0.3) is 0 Å². The van der Waals surface area contributed by atoms with E-state index in [1.54, 1.807) is 13.8 Å². The second-order valence-corrected chi connectivity index (χ2v) is 2.72. The van der Waals surface area contributed by atoms with E-state index in [-0.39, 0.29) is 12.0 Å². The van der Waals surface area contributed by atoms with Crippen molar-refractivity contribution in [1.82, 2.24) is 5.32 Å². The lowest BCUT2D eigenvalue weighted by Crippen LogP contribution is -2.39. The number of amides is 1. The third-order valence-electron chi connectivity index (χ3n) is 1.27. The third-order valence-corrected chi connectivity index (χ3v) is 1.27. The van der Waals surface area contributed by atoms with E-state index in [0.717, 1.165) is 0 Å². The van der Waals surface area contributed by atoms with E-state index in [0.29, 0.717) is 13.0 Å². The van der Waals surface area contributed by atoms with Crippen LogP contribution in [0, 0.1) is 0 Å². The van der Waals surface area contributed by atoms with Gasteiger partial charge in [0.1, 0.15) is 0 Å². The Labute approximate surface area is 66.8 Å². The lowest BCUT2D eigenvalue weighted by molar-refractivity contribution is -0.122. The highest BCUT2D eigenvalue weighted by atomic mass is 16.3. The highest BCUT2D eigenvalue weighted by Crippen LogP contribution is 1.86. The summed E-state index contributed by atoms with van der Waals surface area (Å²) in [5, 5.41) is 11.4. The van der Waals surface area contributed by atoms with Crippen molar-refractivity contribution in [2.75, 3.05) is 6.54 Å². The third kappa shape index (κ3) is 5.82. The second kappa shape index (κ2) is 5.09. The van der Waals surface area contributed by atoms with Crippen molar-refractivity contribution in [2.24, 2.45) is 5.73 Å². The summed E-state index contributed by atoms with van der Waals surface area (Å²) < 4.78 is 0. The van der Waals surface area contributed by atoms with Gasteiger partial charge in [-0.3, -0.25) is 4.79 Å². The van der Waals surface area contributed by atoms with Gasteiger partial charge in [-0.15, -0.1) is 0 Å². The van der Waals surface area contributed by atoms with Gasteiger partial charge < -0.3 is 16.2 Å². The Morgan fingerprint density at radius 1 is 1.64 bits per heavy atom. The number of carbonyl (C=O) groups is 1. The van der Waals surface area contributed by atoms with Gasteiger partial charge in [0.05, 0.1) is 12.1 Å². The molecule has 0 spiro atoms. The molecule has 0 saturated carbocycles. The van der Waals surface area contributed by atoms with E-state index in [1.807, 2.05) is 0 Å². The zero-order valence-electron chi connectivity index (χ0n) is 7.00. The maximum absolute atomic E-state index is 10.8. The highest BCUT2D eigenvalue weighted by molar-refractivity contribution is 5.80. The molecule has 1 amide bonds. The topological polar surface area (TPSA) is 75.3 Å². The predicted octanol–water partition coefficient (Wildman–Crippen LogP) is -0.779. The van der Waals surface area contributed by atoms with Crippen molar-refractivity contribution < 1.29 is 9.90 Å². The van der Waals surface area contributed by atoms with Crippen LogP contribution in [0.3, 0.4) is 0 Å². The minimum atomic E-state index is -0.469. The molecule has 0 aliphatic carbocycles. The van der Waals surface area contributed by atoms with Crippen molar-refractivity contribution in [2.45, 2.75) is 32.4 Å². The molecule has 0 rings (SSSR count). The number of rotatable bonds is 4. The first-order valence-corrected chi connectivity index (χ1v) is 3.75. The molecule has 4 heteroatoms. The van der Waals surface area contributed by atoms with E-state index >= 15 is 0 Å². The molecule has 0 aliphatic rings. The second-order valence-electron chi connectivity index (χ2n) is 2.72. The van der Waals surface area contributed by atoms with Crippen LogP contribution in [0.2, 0.25) is 0 Å². The molecule has 4 nitrogen and oxygen atoms in total. The van der Waals surface area contributed by atoms with E-state index in [1.165, 1.54) is 0 Å². The summed E-state index contributed by atoms with van der Waals surface area (Å²) in [7, 11) is 0. The fraction of sp³-hybridized carbons (Fsp3) is 0.857. The number of aliphatic hydroxyl groups is 1. The van der Waals surface area contributed by atoms with Gasteiger partial charge in [0.15, 0.2) is 0 Å². The lowest BCUT2D eigenvalue weighted by atomic mass is 10.3. The van der Waals surface area contributed by atoms with Crippen molar-refractivity contribution in [3.8, 4) is 0 Å². The Hall–Kier alpha value is -0.610. The average Bonchev–Trinajstić information content (AvgIpc) is 1.86. The van der Waals surface area contributed by atoms with Gasteiger partial charge in [-0.2, -0.15) is 0 Å². The molecule has 0 saturated heterocycles. The molecule has 2 unspecified atom stereocenters. The van der Waals surface area contributed by atoms with E-state index < -0.39 is 6.04 Å². The van der Waals surface area contributed by atoms with Crippen LogP contribution in [0.1, 0.15) is 20.3 Å². The largest absolute Gasteiger partial charge is 0.393 e. The molecule has 0 radical (unpaired) electrons. The summed E-state index contributed by atoms with van der Waals surface area (Å²) in [6.07, 6.45) is 0.196. The fourth-order valence-electron chi connectivity index (χ4n) is 0.565. The van der Waals surface area contributed by atoms with E-state index in [4.69, 9.17) is 10.8 Å². The molecule has 2 atom stereocenters. The zero-order valence-corrected chi connectivity index (χ0v) is 7.00. The van der Waals surface area contributed by atoms with Crippen LogP contribution in [0.25, 0.3) is 0 Å². The maximum atomic E-state index is 10.8. The van der Waals surface area contributed by atoms with Gasteiger partial charge in [0, 0.05) is 6.54 Å². The normalized spacial score (nSPS) is 15.6. The quantitative estimate of drug-likeness (QED) is 0.505. The summed E-state index contributed by atoms with van der Waals surface area (Å²) in [6, 6.07) is -0.469. The number of hydrogen-bond acceptors (Lipinski definition) is 3. The van der Waals surface area contributed by atoms with Gasteiger partial charge in [-0.1, -0.05) is 0 Å². The van der Waals surface area contributed by atoms with Crippen molar-refractivity contribution in [3.05, 3.63) is 0 Å². The van der Waals surface area contributed by atoms with Crippen LogP contribution in [0.5, 0.6) is 0 Å². The molecule has 0 aromatic heterocycles. The smallest absolute Gasteiger partial charge is 0.236 e. The zero-order chi connectivity index (χ0) is 8.85.